The summed E-state index contributed by atoms with van der Waals surface area (Å²) in [6.45, 7) is 0. The van der Waals surface area contributed by atoms with Crippen LogP contribution in [0.5, 0.6) is 0 Å². The number of nitriles is 6. The molecule has 0 saturated carbocycles. The summed E-state index contributed by atoms with van der Waals surface area (Å²) in [5, 5.41) is 72.0. The van der Waals surface area contributed by atoms with Gasteiger partial charge >= 0.3 is 0 Å². The van der Waals surface area contributed by atoms with E-state index < -0.39 is 0 Å². The van der Waals surface area contributed by atoms with Crippen LogP contribution in [-0.4, -0.2) is 27.4 Å². The Hall–Kier alpha value is -20.6. The quantitative estimate of drug-likeness (QED) is 0.118. The molecule has 6 aromatic heterocycles. The lowest BCUT2D eigenvalue weighted by Gasteiger charge is -2.18. The van der Waals surface area contributed by atoms with Crippen molar-refractivity contribution in [1.82, 2.24) is 27.4 Å². The molecule has 0 saturated heterocycles. The summed E-state index contributed by atoms with van der Waals surface area (Å²) in [6.07, 6.45) is 0. The molecule has 0 atom stereocenters. The van der Waals surface area contributed by atoms with E-state index in [9.17, 15) is 31.6 Å². The molecule has 0 N–H and O–H groups in total. The summed E-state index contributed by atoms with van der Waals surface area (Å²) >= 11 is 0. The molecule has 0 fully saturated rings. The van der Waals surface area contributed by atoms with Gasteiger partial charge in [-0.3, -0.25) is 0 Å². The van der Waals surface area contributed by atoms with Crippen molar-refractivity contribution in [2.75, 3.05) is 0 Å². The first kappa shape index (κ1) is 85.1. The second-order valence-corrected chi connectivity index (χ2v) is 36.1. The number of hydrogen-bond donors (Lipinski definition) is 0. The van der Waals surface area contributed by atoms with E-state index in [2.05, 4.69) is 422 Å². The highest BCUT2D eigenvalue weighted by Gasteiger charge is 2.26. The van der Waals surface area contributed by atoms with E-state index in [-0.39, 0.29) is 0 Å². The van der Waals surface area contributed by atoms with E-state index in [1.54, 1.807) is 0 Å². The molecule has 0 aliphatic carbocycles. The first-order valence-electron chi connectivity index (χ1n) is 47.7. The summed E-state index contributed by atoms with van der Waals surface area (Å²) < 4.78 is 14.0. The van der Waals surface area contributed by atoms with E-state index in [4.69, 9.17) is 0 Å². The minimum atomic E-state index is 0.629. The second-order valence-electron chi connectivity index (χ2n) is 36.1. The molecule has 12 heteroatoms. The van der Waals surface area contributed by atoms with Gasteiger partial charge in [0.2, 0.25) is 0 Å². The maximum absolute atomic E-state index is 10.0. The lowest BCUT2D eigenvalue weighted by molar-refractivity contribution is 1.13. The van der Waals surface area contributed by atoms with Crippen molar-refractivity contribution in [3.05, 3.63) is 507 Å². The van der Waals surface area contributed by atoms with Crippen molar-refractivity contribution < 1.29 is 0 Å². The molecule has 21 aromatic carbocycles. The van der Waals surface area contributed by atoms with Crippen LogP contribution in [0.1, 0.15) is 33.4 Å². The molecule has 0 aliphatic rings. The van der Waals surface area contributed by atoms with Crippen LogP contribution in [0.4, 0.5) is 0 Å². The number of rotatable bonds is 12. The van der Waals surface area contributed by atoms with E-state index in [0.717, 1.165) is 199 Å². The normalized spacial score (nSPS) is 11.3. The van der Waals surface area contributed by atoms with Crippen molar-refractivity contribution >= 4 is 131 Å². The Labute approximate surface area is 827 Å². The van der Waals surface area contributed by atoms with Crippen molar-refractivity contribution in [2.45, 2.75) is 0 Å². The maximum Gasteiger partial charge on any atom is 0.0998 e. The molecule has 0 bridgehead atoms. The zero-order valence-electron chi connectivity index (χ0n) is 77.4. The van der Waals surface area contributed by atoms with Crippen molar-refractivity contribution in [2.24, 2.45) is 0 Å². The predicted octanol–water partition coefficient (Wildman–Crippen LogP) is 32.9. The van der Waals surface area contributed by atoms with Crippen LogP contribution in [0.15, 0.2) is 473 Å². The lowest BCUT2D eigenvalue weighted by Crippen LogP contribution is -2.00. The third kappa shape index (κ3) is 14.4. The third-order valence-corrected chi connectivity index (χ3v) is 28.1. The summed E-state index contributed by atoms with van der Waals surface area (Å²) in [4.78, 5) is 0. The summed E-state index contributed by atoms with van der Waals surface area (Å²) in [7, 11) is 0. The number of fused-ring (bicyclic) bond motifs is 18. The Kier molecular flexibility index (Phi) is 21.0. The summed E-state index contributed by atoms with van der Waals surface area (Å²) in [5.41, 5.74) is 35.6. The molecule has 0 spiro atoms. The molecule has 666 valence electrons. The van der Waals surface area contributed by atoms with Gasteiger partial charge in [-0.15, -0.1) is 0 Å². The number of benzene rings is 21. The van der Waals surface area contributed by atoms with Gasteiger partial charge in [-0.25, -0.2) is 0 Å². The monoisotopic (exact) mass is 1830 g/mol. The molecular weight excluding hydrogens is 1750 g/mol. The SMILES string of the molecule is N#Cc1ccc(-c2ccccc2-c2cc(-n3c4ccccc4c4ccccc43)cc(-n3c4ccccc4c4cc(C#N)ccc43)c2)cc1.N#Cc1ccc2c(c1)c1ccccc1n2-c1cc(-c2ccccc2-c2ccccc2C#N)cc(-n2c3ccccc3c3ccccc32)c1.N#Cc1cccc(-c2ccccc2-c2cc(-n3c4ccccc4c4ccccc43)cc(-n3c4ccccc4c4cc(C#N)ccc43)c2)c1. The zero-order valence-corrected chi connectivity index (χ0v) is 77.4. The van der Waals surface area contributed by atoms with E-state index in [1.807, 2.05) is 115 Å². The fourth-order valence-corrected chi connectivity index (χ4v) is 21.8. The largest absolute Gasteiger partial charge is 0.309 e. The fourth-order valence-electron chi connectivity index (χ4n) is 21.8. The third-order valence-electron chi connectivity index (χ3n) is 28.1. The Morgan fingerprint density at radius 2 is 0.340 bits per heavy atom. The Balaban J connectivity index is 0.000000113. The summed E-state index contributed by atoms with van der Waals surface area (Å²) in [6, 6.07) is 177. The van der Waals surface area contributed by atoms with Crippen LogP contribution in [0.2, 0.25) is 0 Å². The first-order valence-corrected chi connectivity index (χ1v) is 47.7. The average molecular weight is 1830 g/mol. The van der Waals surface area contributed by atoms with E-state index in [0.29, 0.717) is 33.4 Å². The smallest absolute Gasteiger partial charge is 0.0998 e. The zero-order chi connectivity index (χ0) is 96.6. The van der Waals surface area contributed by atoms with Gasteiger partial charge in [-0.05, 0) is 255 Å². The van der Waals surface area contributed by atoms with Gasteiger partial charge in [-0.1, -0.05) is 279 Å². The molecule has 144 heavy (non-hydrogen) atoms. The van der Waals surface area contributed by atoms with Crippen LogP contribution >= 0.6 is 0 Å². The van der Waals surface area contributed by atoms with Crippen LogP contribution in [0.25, 0.3) is 232 Å². The van der Waals surface area contributed by atoms with Crippen LogP contribution in [0.3, 0.4) is 0 Å². The second kappa shape index (κ2) is 35.5. The van der Waals surface area contributed by atoms with Crippen LogP contribution < -0.4 is 0 Å². The average Bonchev–Trinajstić information content (AvgIpc) is 1.57. The number of aromatic nitrogens is 6. The van der Waals surface area contributed by atoms with Gasteiger partial charge in [0.1, 0.15) is 0 Å². The van der Waals surface area contributed by atoms with Gasteiger partial charge in [-0.2, -0.15) is 31.6 Å². The topological polar surface area (TPSA) is 172 Å². The molecule has 12 nitrogen and oxygen atoms in total. The van der Waals surface area contributed by atoms with E-state index >= 15 is 0 Å². The van der Waals surface area contributed by atoms with Crippen LogP contribution in [-0.2, 0) is 0 Å². The molecule has 0 radical (unpaired) electrons. The van der Waals surface area contributed by atoms with Gasteiger partial charge in [0.05, 0.1) is 136 Å². The number of hydrogen-bond acceptors (Lipinski definition) is 6. The van der Waals surface area contributed by atoms with Gasteiger partial charge in [0.25, 0.3) is 0 Å². The molecule has 0 aliphatic heterocycles. The molecular formula is C132H78N12. The van der Waals surface area contributed by atoms with Crippen molar-refractivity contribution in [3.8, 4) is 137 Å². The van der Waals surface area contributed by atoms with Crippen LogP contribution in [0, 0.1) is 68.0 Å². The molecule has 6 heterocycles. The Morgan fingerprint density at radius 1 is 0.125 bits per heavy atom. The Morgan fingerprint density at radius 3 is 0.625 bits per heavy atom. The van der Waals surface area contributed by atoms with Gasteiger partial charge in [0, 0.05) is 104 Å². The Bertz CT molecular complexity index is 10100. The highest BCUT2D eigenvalue weighted by molar-refractivity contribution is 6.16. The minimum Gasteiger partial charge on any atom is -0.309 e. The molecule has 27 rings (SSSR count). The molecule has 27 aromatic rings. The first-order chi connectivity index (χ1) is 71.2. The van der Waals surface area contributed by atoms with E-state index in [1.165, 1.54) is 32.3 Å². The highest BCUT2D eigenvalue weighted by atomic mass is 15.0. The van der Waals surface area contributed by atoms with Crippen molar-refractivity contribution in [3.63, 3.8) is 0 Å². The minimum absolute atomic E-state index is 0.629. The van der Waals surface area contributed by atoms with Gasteiger partial charge < -0.3 is 27.4 Å². The summed E-state index contributed by atoms with van der Waals surface area (Å²) in [5.74, 6) is 0. The standard InChI is InChI=1S/3C44H26N4/c45-27-29-10-9-11-31(22-29)35-12-1-2-13-36(35)32-24-33(47-41-17-6-3-14-37(41)38-15-4-7-18-42(38)47)26-34(25-32)48-43-19-8-5-16-39(43)40-23-30(28-46)20-21-44(40)48;45-27-29-17-20-31(21-18-29)35-9-1-2-10-36(35)32-24-33(47-41-14-6-3-11-37(41)38-12-4-7-15-42(38)47)26-34(25-32)48-43-16-8-5-13-39(43)40-23-30(28-46)19-22-44(40)48;45-27-29-21-22-44-40(23-29)39-17-7-10-20-43(39)48(44)33-25-31(35-13-3-4-14-36(35)34-12-2-1-11-30(34)28-46)24-32(26-33)47-41-18-8-5-15-37(41)38-16-6-9-19-42(38)47/h3*1-26H. The van der Waals surface area contributed by atoms with Gasteiger partial charge in [0.15, 0.2) is 0 Å². The predicted molar refractivity (Wildman–Crippen MR) is 586 cm³/mol. The molecule has 0 amide bonds. The highest BCUT2D eigenvalue weighted by Crippen LogP contribution is 2.47. The number of nitrogens with zero attached hydrogens (tertiary/aromatic N) is 12. The molecule has 0 unspecified atom stereocenters. The van der Waals surface area contributed by atoms with Crippen molar-refractivity contribution in [1.29, 1.82) is 31.6 Å². The number of para-hydroxylation sites is 9. The maximum atomic E-state index is 10.0. The fraction of sp³-hybridized carbons (Fsp3) is 0. The lowest BCUT2D eigenvalue weighted by atomic mass is 9.91.